The molecule has 3 heterocycles. The van der Waals surface area contributed by atoms with Gasteiger partial charge in [0.05, 0.1) is 16.6 Å². The average molecular weight is 648 g/mol. The third kappa shape index (κ3) is 4.06. The predicted octanol–water partition coefficient (Wildman–Crippen LogP) is 10.6. The van der Waals surface area contributed by atoms with Crippen LogP contribution in [-0.4, -0.2) is 11.1 Å². The van der Waals surface area contributed by atoms with E-state index in [0.29, 0.717) is 0 Å². The molecule has 1 aliphatic heterocycles. The third-order valence-electron chi connectivity index (χ3n) is 10.9. The van der Waals surface area contributed by atoms with Gasteiger partial charge in [0.25, 0.3) is 6.71 Å². The monoisotopic (exact) mass is 647 g/mol. The normalized spacial score (nSPS) is 12.4. The van der Waals surface area contributed by atoms with Crippen molar-refractivity contribution >= 4 is 82.7 Å². The molecule has 10 aromatic rings. The lowest BCUT2D eigenvalue weighted by molar-refractivity contribution is 0.489. The van der Waals surface area contributed by atoms with Crippen LogP contribution in [0, 0.1) is 0 Å². The Bertz CT molecular complexity index is 3070. The second-order valence-electron chi connectivity index (χ2n) is 13.5. The molecule has 236 valence electrons. The van der Waals surface area contributed by atoms with Crippen LogP contribution in [0.1, 0.15) is 0 Å². The van der Waals surface area contributed by atoms with E-state index in [9.17, 15) is 0 Å². The number of fused-ring (bicyclic) bond motifs is 13. The van der Waals surface area contributed by atoms with Crippen molar-refractivity contribution in [2.75, 3.05) is 0 Å². The molecule has 3 heteroatoms. The minimum atomic E-state index is -0.0648. The first-order chi connectivity index (χ1) is 25.3. The van der Waals surface area contributed by atoms with Crippen molar-refractivity contribution in [2.24, 2.45) is 0 Å². The van der Waals surface area contributed by atoms with E-state index >= 15 is 0 Å². The summed E-state index contributed by atoms with van der Waals surface area (Å²) in [5.41, 5.74) is 9.64. The van der Waals surface area contributed by atoms with Gasteiger partial charge in [-0.3, -0.25) is 0 Å². The van der Waals surface area contributed by atoms with Gasteiger partial charge in [-0.1, -0.05) is 163 Å². The van der Waals surface area contributed by atoms with E-state index in [-0.39, 0.29) is 6.71 Å². The van der Waals surface area contributed by atoms with E-state index in [1.54, 1.807) is 0 Å². The second kappa shape index (κ2) is 11.0. The largest absolute Gasteiger partial charge is 0.458 e. The molecule has 51 heavy (non-hydrogen) atoms. The lowest BCUT2D eigenvalue weighted by Gasteiger charge is -2.29. The standard InChI is InChI=1S/C48H30BNO/c1-2-16-31(17-3-1)32-18-8-11-25-40(32)49-41-26-12-15-29-44(41)51-45-30-39-36-22-7-5-20-34(36)33-19-4-6-21-35(33)37-23-9-13-27-42(37)50-43-28-14-10-24-38(43)46(47(45)49)48(39)50/h1-30H. The fraction of sp³-hybridized carbons (Fsp3) is 0. The van der Waals surface area contributed by atoms with Crippen LogP contribution in [-0.2, 0) is 0 Å². The molecule has 8 aromatic carbocycles. The zero-order chi connectivity index (χ0) is 33.5. The van der Waals surface area contributed by atoms with Crippen LogP contribution >= 0.6 is 0 Å². The Hall–Kier alpha value is -6.58. The Morgan fingerprint density at radius 1 is 0.392 bits per heavy atom. The molecular weight excluding hydrogens is 617 g/mol. The van der Waals surface area contributed by atoms with Crippen LogP contribution in [0.2, 0.25) is 0 Å². The molecule has 2 nitrogen and oxygen atoms in total. The molecular formula is C48H30BNO. The summed E-state index contributed by atoms with van der Waals surface area (Å²) in [4.78, 5) is 0. The molecule has 0 spiro atoms. The van der Waals surface area contributed by atoms with E-state index < -0.39 is 0 Å². The SMILES string of the molecule is c1ccc(-c2ccccc2B2c3ccccc3Oc3cc4c5ccccc5c5ccccc5c5ccccc5n5c6ccccc6c(c32)c45)cc1. The van der Waals surface area contributed by atoms with Gasteiger partial charge in [-0.05, 0) is 67.9 Å². The smallest absolute Gasteiger partial charge is 0.252 e. The summed E-state index contributed by atoms with van der Waals surface area (Å²) in [5.74, 6) is 1.81. The Morgan fingerprint density at radius 2 is 0.902 bits per heavy atom. The number of hydrogen-bond donors (Lipinski definition) is 0. The number of aromatic nitrogens is 1. The van der Waals surface area contributed by atoms with E-state index in [2.05, 4.69) is 186 Å². The molecule has 1 aliphatic rings. The van der Waals surface area contributed by atoms with Crippen molar-refractivity contribution < 1.29 is 4.74 Å². The summed E-state index contributed by atoms with van der Waals surface area (Å²) in [6.07, 6.45) is 0. The van der Waals surface area contributed by atoms with Crippen LogP contribution in [0.4, 0.5) is 0 Å². The van der Waals surface area contributed by atoms with Crippen LogP contribution in [0.25, 0.3) is 70.8 Å². The van der Waals surface area contributed by atoms with Gasteiger partial charge < -0.3 is 9.14 Å². The first-order valence-corrected chi connectivity index (χ1v) is 17.6. The van der Waals surface area contributed by atoms with Crippen LogP contribution < -0.4 is 21.1 Å². The molecule has 0 fully saturated rings. The minimum Gasteiger partial charge on any atom is -0.458 e. The molecule has 2 aromatic heterocycles. The molecule has 0 amide bonds. The van der Waals surface area contributed by atoms with Crippen LogP contribution in [0.5, 0.6) is 11.5 Å². The van der Waals surface area contributed by atoms with Gasteiger partial charge in [-0.2, -0.15) is 0 Å². The highest BCUT2D eigenvalue weighted by Gasteiger charge is 2.37. The molecule has 0 saturated carbocycles. The Kier molecular flexibility index (Phi) is 6.08. The topological polar surface area (TPSA) is 13.6 Å². The van der Waals surface area contributed by atoms with Gasteiger partial charge in [0.2, 0.25) is 0 Å². The fourth-order valence-corrected chi connectivity index (χ4v) is 8.83. The van der Waals surface area contributed by atoms with E-state index in [1.807, 2.05) is 0 Å². The maximum atomic E-state index is 7.06. The van der Waals surface area contributed by atoms with Crippen molar-refractivity contribution in [3.05, 3.63) is 182 Å². The summed E-state index contributed by atoms with van der Waals surface area (Å²) in [7, 11) is 0. The van der Waals surface area contributed by atoms with Crippen molar-refractivity contribution in [1.82, 2.24) is 4.40 Å². The first kappa shape index (κ1) is 28.3. The van der Waals surface area contributed by atoms with Crippen LogP contribution in [0.3, 0.4) is 0 Å². The number of hydrogen-bond acceptors (Lipinski definition) is 1. The van der Waals surface area contributed by atoms with Gasteiger partial charge in [0.1, 0.15) is 11.5 Å². The average Bonchev–Trinajstić information content (AvgIpc) is 3.56. The third-order valence-corrected chi connectivity index (χ3v) is 10.9. The summed E-state index contributed by atoms with van der Waals surface area (Å²) in [5, 5.41) is 9.68. The molecule has 0 atom stereocenters. The Labute approximate surface area is 295 Å². The fourth-order valence-electron chi connectivity index (χ4n) is 8.83. The van der Waals surface area contributed by atoms with Gasteiger partial charge in [-0.15, -0.1) is 0 Å². The molecule has 0 radical (unpaired) electrons. The van der Waals surface area contributed by atoms with Crippen LogP contribution in [0.15, 0.2) is 182 Å². The lowest BCUT2D eigenvalue weighted by atomic mass is 9.34. The quantitative estimate of drug-likeness (QED) is 0.170. The first-order valence-electron chi connectivity index (χ1n) is 17.6. The highest BCUT2D eigenvalue weighted by atomic mass is 16.5. The van der Waals surface area contributed by atoms with Crippen molar-refractivity contribution in [2.45, 2.75) is 0 Å². The summed E-state index contributed by atoms with van der Waals surface area (Å²) in [6.45, 7) is -0.0648. The molecule has 0 unspecified atom stereocenters. The van der Waals surface area contributed by atoms with E-state index in [1.165, 1.54) is 81.8 Å². The Balaban J connectivity index is 1.43. The molecule has 11 rings (SSSR count). The van der Waals surface area contributed by atoms with E-state index in [0.717, 1.165) is 16.9 Å². The number of benzene rings is 8. The molecule has 0 aliphatic carbocycles. The van der Waals surface area contributed by atoms with Gasteiger partial charge in [0, 0.05) is 21.5 Å². The highest BCUT2D eigenvalue weighted by molar-refractivity contribution is 6.99. The number of ether oxygens (including phenoxy) is 1. The van der Waals surface area contributed by atoms with Crippen molar-refractivity contribution in [1.29, 1.82) is 0 Å². The van der Waals surface area contributed by atoms with Gasteiger partial charge in [-0.25, -0.2) is 0 Å². The second-order valence-corrected chi connectivity index (χ2v) is 13.5. The number of nitrogens with zero attached hydrogens (tertiary/aromatic N) is 1. The summed E-state index contributed by atoms with van der Waals surface area (Å²) < 4.78 is 9.58. The highest BCUT2D eigenvalue weighted by Crippen LogP contribution is 2.42. The number of rotatable bonds is 2. The Morgan fingerprint density at radius 3 is 1.63 bits per heavy atom. The number of para-hydroxylation sites is 3. The zero-order valence-corrected chi connectivity index (χ0v) is 27.8. The van der Waals surface area contributed by atoms with Gasteiger partial charge in [0.15, 0.2) is 0 Å². The minimum absolute atomic E-state index is 0.0648. The summed E-state index contributed by atoms with van der Waals surface area (Å²) >= 11 is 0. The zero-order valence-electron chi connectivity index (χ0n) is 27.8. The predicted molar refractivity (Wildman–Crippen MR) is 217 cm³/mol. The summed E-state index contributed by atoms with van der Waals surface area (Å²) in [6, 6.07) is 66.2. The maximum absolute atomic E-state index is 7.06. The van der Waals surface area contributed by atoms with Crippen molar-refractivity contribution in [3.8, 4) is 22.6 Å². The molecule has 0 saturated heterocycles. The van der Waals surface area contributed by atoms with Crippen molar-refractivity contribution in [3.63, 3.8) is 0 Å². The van der Waals surface area contributed by atoms with Gasteiger partial charge >= 0.3 is 0 Å². The molecule has 0 bridgehead atoms. The lowest BCUT2D eigenvalue weighted by Crippen LogP contribution is -2.55. The van der Waals surface area contributed by atoms with E-state index in [4.69, 9.17) is 4.74 Å². The molecule has 0 N–H and O–H groups in total. The maximum Gasteiger partial charge on any atom is 0.252 e.